The van der Waals surface area contributed by atoms with Crippen molar-refractivity contribution in [2.24, 2.45) is 5.73 Å². The number of nitrogens with one attached hydrogen (secondary N) is 1. The number of hydrogen-bond donors (Lipinski definition) is 2. The van der Waals surface area contributed by atoms with Crippen LogP contribution in [-0.4, -0.2) is 31.7 Å². The normalized spacial score (nSPS) is 25.0. The Hall–Kier alpha value is -0.610. The van der Waals surface area contributed by atoms with Gasteiger partial charge in [0, 0.05) is 6.54 Å². The Morgan fingerprint density at radius 1 is 1.80 bits per heavy atom. The average molecular weight is 144 g/mol. The molecule has 1 amide bonds. The summed E-state index contributed by atoms with van der Waals surface area (Å²) >= 11 is 0. The van der Waals surface area contributed by atoms with E-state index in [2.05, 4.69) is 5.32 Å². The minimum absolute atomic E-state index is 0.0480. The van der Waals surface area contributed by atoms with E-state index in [-0.39, 0.29) is 12.7 Å². The topological polar surface area (TPSA) is 64.4 Å². The molecule has 3 N–H and O–H groups in total. The fraction of sp³-hybridized carbons (Fsp3) is 0.833. The zero-order valence-electron chi connectivity index (χ0n) is 5.80. The molecule has 58 valence electrons. The number of primary amides is 1. The van der Waals surface area contributed by atoms with Crippen molar-refractivity contribution >= 4 is 5.91 Å². The predicted molar refractivity (Wildman–Crippen MR) is 36.4 cm³/mol. The lowest BCUT2D eigenvalue weighted by Crippen LogP contribution is -2.24. The van der Waals surface area contributed by atoms with Gasteiger partial charge in [-0.25, -0.2) is 0 Å². The van der Waals surface area contributed by atoms with E-state index in [1.54, 1.807) is 0 Å². The smallest absolute Gasteiger partial charge is 0.243 e. The Bertz CT molecular complexity index is 121. The lowest BCUT2D eigenvalue weighted by Gasteiger charge is -2.06. The second kappa shape index (κ2) is 3.53. The standard InChI is InChI=1S/C6H12N2O2/c7-6(9)4-10-5-1-2-8-3-5/h5,8H,1-4H2,(H2,7,9)/t5-/m1/s1. The van der Waals surface area contributed by atoms with E-state index >= 15 is 0 Å². The number of carbonyl (C=O) groups is 1. The third-order valence-electron chi connectivity index (χ3n) is 1.48. The largest absolute Gasteiger partial charge is 0.368 e. The van der Waals surface area contributed by atoms with Crippen molar-refractivity contribution in [2.45, 2.75) is 12.5 Å². The molecule has 0 aromatic carbocycles. The SMILES string of the molecule is NC(=O)CO[C@@H]1CCNC1. The van der Waals surface area contributed by atoms with Crippen LogP contribution in [0.25, 0.3) is 0 Å². The minimum Gasteiger partial charge on any atom is -0.368 e. The van der Waals surface area contributed by atoms with Gasteiger partial charge in [-0.05, 0) is 13.0 Å². The van der Waals surface area contributed by atoms with Crippen LogP contribution in [0.4, 0.5) is 0 Å². The molecular formula is C6H12N2O2. The Labute approximate surface area is 59.7 Å². The second-order valence-corrected chi connectivity index (χ2v) is 2.39. The Kier molecular flexibility index (Phi) is 2.65. The summed E-state index contributed by atoms with van der Waals surface area (Å²) in [5.74, 6) is -0.396. The fourth-order valence-corrected chi connectivity index (χ4v) is 0.970. The van der Waals surface area contributed by atoms with Crippen LogP contribution in [0.15, 0.2) is 0 Å². The lowest BCUT2D eigenvalue weighted by molar-refractivity contribution is -0.124. The maximum atomic E-state index is 10.2. The van der Waals surface area contributed by atoms with Gasteiger partial charge in [0.25, 0.3) is 0 Å². The summed E-state index contributed by atoms with van der Waals surface area (Å²) in [6.07, 6.45) is 1.17. The van der Waals surface area contributed by atoms with Crippen LogP contribution in [0.1, 0.15) is 6.42 Å². The summed E-state index contributed by atoms with van der Waals surface area (Å²) in [6, 6.07) is 0. The summed E-state index contributed by atoms with van der Waals surface area (Å²) in [5.41, 5.74) is 4.89. The quantitative estimate of drug-likeness (QED) is 0.525. The van der Waals surface area contributed by atoms with Crippen molar-refractivity contribution in [3.63, 3.8) is 0 Å². The fourth-order valence-electron chi connectivity index (χ4n) is 0.970. The zero-order chi connectivity index (χ0) is 7.40. The van der Waals surface area contributed by atoms with E-state index in [1.165, 1.54) is 0 Å². The molecule has 0 bridgehead atoms. The summed E-state index contributed by atoms with van der Waals surface area (Å²) in [4.78, 5) is 10.2. The van der Waals surface area contributed by atoms with Gasteiger partial charge in [-0.3, -0.25) is 4.79 Å². The van der Waals surface area contributed by atoms with Crippen LogP contribution < -0.4 is 11.1 Å². The third kappa shape index (κ3) is 2.33. The second-order valence-electron chi connectivity index (χ2n) is 2.39. The van der Waals surface area contributed by atoms with Crippen molar-refractivity contribution in [3.05, 3.63) is 0 Å². The van der Waals surface area contributed by atoms with Crippen LogP contribution >= 0.6 is 0 Å². The van der Waals surface area contributed by atoms with Gasteiger partial charge < -0.3 is 15.8 Å². The van der Waals surface area contributed by atoms with Crippen LogP contribution in [-0.2, 0) is 9.53 Å². The van der Waals surface area contributed by atoms with E-state index in [0.717, 1.165) is 19.5 Å². The molecule has 1 rings (SSSR count). The molecule has 1 fully saturated rings. The molecule has 1 aliphatic heterocycles. The third-order valence-corrected chi connectivity index (χ3v) is 1.48. The number of amides is 1. The Morgan fingerprint density at radius 2 is 2.60 bits per heavy atom. The molecule has 1 atom stereocenters. The van der Waals surface area contributed by atoms with Gasteiger partial charge in [0.15, 0.2) is 0 Å². The molecule has 1 heterocycles. The van der Waals surface area contributed by atoms with Crippen molar-refractivity contribution in [3.8, 4) is 0 Å². The van der Waals surface area contributed by atoms with E-state index in [1.807, 2.05) is 0 Å². The molecule has 10 heavy (non-hydrogen) atoms. The van der Waals surface area contributed by atoms with Crippen LogP contribution in [0.2, 0.25) is 0 Å². The molecule has 1 saturated heterocycles. The Balaban J connectivity index is 2.07. The van der Waals surface area contributed by atoms with Crippen molar-refractivity contribution in [1.29, 1.82) is 0 Å². The zero-order valence-corrected chi connectivity index (χ0v) is 5.80. The van der Waals surface area contributed by atoms with Crippen LogP contribution in [0, 0.1) is 0 Å². The molecular weight excluding hydrogens is 132 g/mol. The highest BCUT2D eigenvalue weighted by Crippen LogP contribution is 2.01. The van der Waals surface area contributed by atoms with Gasteiger partial charge >= 0.3 is 0 Å². The first-order valence-electron chi connectivity index (χ1n) is 3.39. The number of carbonyl (C=O) groups excluding carboxylic acids is 1. The first-order valence-corrected chi connectivity index (χ1v) is 3.39. The van der Waals surface area contributed by atoms with Gasteiger partial charge in [-0.2, -0.15) is 0 Å². The minimum atomic E-state index is -0.396. The molecule has 1 aliphatic rings. The molecule has 0 spiro atoms. The summed E-state index contributed by atoms with van der Waals surface area (Å²) in [6.45, 7) is 1.86. The number of hydrogen-bond acceptors (Lipinski definition) is 3. The molecule has 0 aromatic rings. The van der Waals surface area contributed by atoms with Crippen LogP contribution in [0.5, 0.6) is 0 Å². The van der Waals surface area contributed by atoms with Crippen LogP contribution in [0.3, 0.4) is 0 Å². The number of rotatable bonds is 3. The molecule has 0 radical (unpaired) electrons. The van der Waals surface area contributed by atoms with Gasteiger partial charge in [-0.1, -0.05) is 0 Å². The van der Waals surface area contributed by atoms with E-state index in [9.17, 15) is 4.79 Å². The molecule has 4 nitrogen and oxygen atoms in total. The first-order chi connectivity index (χ1) is 4.79. The van der Waals surface area contributed by atoms with E-state index in [4.69, 9.17) is 10.5 Å². The summed E-state index contributed by atoms with van der Waals surface area (Å²) in [7, 11) is 0. The highest BCUT2D eigenvalue weighted by atomic mass is 16.5. The van der Waals surface area contributed by atoms with Gasteiger partial charge in [0.1, 0.15) is 6.61 Å². The average Bonchev–Trinajstić information content (AvgIpc) is 2.34. The monoisotopic (exact) mass is 144 g/mol. The number of nitrogens with two attached hydrogens (primary N) is 1. The van der Waals surface area contributed by atoms with E-state index < -0.39 is 5.91 Å². The predicted octanol–water partition coefficient (Wildman–Crippen LogP) is -1.15. The van der Waals surface area contributed by atoms with Crippen molar-refractivity contribution in [2.75, 3.05) is 19.7 Å². The molecule has 0 saturated carbocycles. The molecule has 0 aromatic heterocycles. The highest BCUT2D eigenvalue weighted by Gasteiger charge is 2.14. The highest BCUT2D eigenvalue weighted by molar-refractivity contribution is 5.75. The van der Waals surface area contributed by atoms with Crippen molar-refractivity contribution < 1.29 is 9.53 Å². The number of ether oxygens (including phenoxy) is 1. The van der Waals surface area contributed by atoms with Crippen molar-refractivity contribution in [1.82, 2.24) is 5.32 Å². The molecule has 0 unspecified atom stereocenters. The maximum absolute atomic E-state index is 10.2. The van der Waals surface area contributed by atoms with Gasteiger partial charge in [-0.15, -0.1) is 0 Å². The summed E-state index contributed by atoms with van der Waals surface area (Å²) < 4.78 is 5.13. The molecule has 0 aliphatic carbocycles. The maximum Gasteiger partial charge on any atom is 0.243 e. The first kappa shape index (κ1) is 7.50. The van der Waals surface area contributed by atoms with Gasteiger partial charge in [0.05, 0.1) is 6.10 Å². The van der Waals surface area contributed by atoms with Gasteiger partial charge in [0.2, 0.25) is 5.91 Å². The summed E-state index contributed by atoms with van der Waals surface area (Å²) in [5, 5.41) is 3.12. The van der Waals surface area contributed by atoms with E-state index in [0.29, 0.717) is 0 Å². The lowest BCUT2D eigenvalue weighted by atomic mass is 10.3. The Morgan fingerprint density at radius 3 is 3.10 bits per heavy atom. The molecule has 4 heteroatoms.